The van der Waals surface area contributed by atoms with E-state index in [4.69, 9.17) is 9.57 Å². The molecule has 6 rings (SSSR count). The number of hydrogen-bond acceptors (Lipinski definition) is 5. The predicted octanol–water partition coefficient (Wildman–Crippen LogP) is 10.1. The minimum atomic E-state index is -5.10. The van der Waals surface area contributed by atoms with Gasteiger partial charge in [-0.15, -0.1) is 0 Å². The zero-order chi connectivity index (χ0) is 36.3. The molecule has 3 unspecified atom stereocenters. The predicted molar refractivity (Wildman–Crippen MR) is 162 cm³/mol. The van der Waals surface area contributed by atoms with E-state index in [-0.39, 0.29) is 47.1 Å². The lowest BCUT2D eigenvalue weighted by Gasteiger charge is -2.20. The van der Waals surface area contributed by atoms with Gasteiger partial charge in [0.15, 0.2) is 6.10 Å². The molecule has 1 N–H and O–H groups in total. The van der Waals surface area contributed by atoms with Crippen molar-refractivity contribution in [3.05, 3.63) is 106 Å². The highest BCUT2D eigenvalue weighted by molar-refractivity contribution is 5.98. The Morgan fingerprint density at radius 3 is 2.08 bits per heavy atom. The number of carbonyl (C=O) groups is 1. The average Bonchev–Trinajstić information content (AvgIpc) is 3.65. The number of halogens is 9. The number of alkyl halides is 9. The molecule has 4 aromatic rings. The number of carboxylic acids is 1. The largest absolute Gasteiger partial charge is 0.496 e. The van der Waals surface area contributed by atoms with Crippen LogP contribution in [0.3, 0.4) is 0 Å². The molecule has 3 aromatic carbocycles. The molecule has 3 atom stereocenters. The molecule has 1 aliphatic heterocycles. The maximum Gasteiger partial charge on any atom is 0.433 e. The summed E-state index contributed by atoms with van der Waals surface area (Å²) in [5, 5.41) is 13.4. The van der Waals surface area contributed by atoms with Gasteiger partial charge in [-0.3, -0.25) is 4.98 Å². The van der Waals surface area contributed by atoms with Crippen LogP contribution in [0.15, 0.2) is 72.0 Å². The first kappa shape index (κ1) is 34.8. The van der Waals surface area contributed by atoms with Crippen LogP contribution in [0.4, 0.5) is 39.5 Å². The van der Waals surface area contributed by atoms with Crippen LogP contribution in [0.2, 0.25) is 0 Å². The highest BCUT2D eigenvalue weighted by Crippen LogP contribution is 2.51. The Morgan fingerprint density at radius 1 is 0.820 bits per heavy atom. The van der Waals surface area contributed by atoms with Crippen LogP contribution in [0.25, 0.3) is 22.3 Å². The van der Waals surface area contributed by atoms with Gasteiger partial charge in [-0.1, -0.05) is 17.3 Å². The van der Waals surface area contributed by atoms with Crippen molar-refractivity contribution < 1.29 is 59.0 Å². The monoisotopic (exact) mass is 708 g/mol. The fourth-order valence-electron chi connectivity index (χ4n) is 6.63. The number of fused-ring (bicyclic) bond motifs is 1. The molecule has 262 valence electrons. The third-order valence-corrected chi connectivity index (χ3v) is 8.95. The van der Waals surface area contributed by atoms with Gasteiger partial charge in [0.25, 0.3) is 0 Å². The molecule has 2 aliphatic rings. The smallest absolute Gasteiger partial charge is 0.433 e. The summed E-state index contributed by atoms with van der Waals surface area (Å²) in [7, 11) is 1.36. The SMILES string of the molecule is COc1ccc(-c2ccc(C(=O)O)cc2C)cc1-c1cnc(C(F)(F)F)cc1C1CCC2C1=NOC2c1cc(C(F)(F)F)cc(C(F)(F)F)c1. The van der Waals surface area contributed by atoms with Gasteiger partial charge >= 0.3 is 24.5 Å². The Labute approximate surface area is 278 Å². The lowest BCUT2D eigenvalue weighted by Crippen LogP contribution is -2.18. The van der Waals surface area contributed by atoms with Crippen molar-refractivity contribution in [3.8, 4) is 28.0 Å². The Morgan fingerprint density at radius 2 is 1.50 bits per heavy atom. The van der Waals surface area contributed by atoms with Crippen LogP contribution in [0.1, 0.15) is 68.7 Å². The van der Waals surface area contributed by atoms with E-state index in [0.717, 1.165) is 12.3 Å². The number of aromatic nitrogens is 1. The molecule has 1 saturated carbocycles. The summed E-state index contributed by atoms with van der Waals surface area (Å²) in [6.07, 6.45) is -15.1. The minimum absolute atomic E-state index is 0.00307. The summed E-state index contributed by atoms with van der Waals surface area (Å²) in [6, 6.07) is 11.4. The van der Waals surface area contributed by atoms with E-state index < -0.39 is 64.8 Å². The second kappa shape index (κ2) is 12.4. The maximum absolute atomic E-state index is 14.0. The van der Waals surface area contributed by atoms with Crippen molar-refractivity contribution in [2.24, 2.45) is 11.1 Å². The average molecular weight is 709 g/mol. The second-order valence-corrected chi connectivity index (χ2v) is 12.0. The van der Waals surface area contributed by atoms with E-state index in [1.807, 2.05) is 0 Å². The normalized spacial score (nSPS) is 19.2. The van der Waals surface area contributed by atoms with E-state index in [1.165, 1.54) is 19.2 Å². The summed E-state index contributed by atoms with van der Waals surface area (Å²) in [6.45, 7) is 1.70. The molecule has 1 aliphatic carbocycles. The molecular formula is C35H25F9N2O4. The third-order valence-electron chi connectivity index (χ3n) is 8.95. The van der Waals surface area contributed by atoms with Crippen molar-refractivity contribution in [1.82, 2.24) is 4.98 Å². The Kier molecular flexibility index (Phi) is 8.59. The van der Waals surface area contributed by atoms with Gasteiger partial charge in [0.2, 0.25) is 0 Å². The number of ether oxygens (including phenoxy) is 1. The van der Waals surface area contributed by atoms with Crippen molar-refractivity contribution in [1.29, 1.82) is 0 Å². The van der Waals surface area contributed by atoms with E-state index in [2.05, 4.69) is 10.1 Å². The molecule has 6 nitrogen and oxygen atoms in total. The highest BCUT2D eigenvalue weighted by Gasteiger charge is 2.47. The first-order valence-corrected chi connectivity index (χ1v) is 15.0. The van der Waals surface area contributed by atoms with E-state index in [0.29, 0.717) is 34.4 Å². The minimum Gasteiger partial charge on any atom is -0.496 e. The molecule has 2 heterocycles. The number of carboxylic acid groups (broad SMARTS) is 1. The van der Waals surface area contributed by atoms with Gasteiger partial charge in [-0.2, -0.15) is 39.5 Å². The number of benzene rings is 3. The molecule has 0 bridgehead atoms. The summed E-state index contributed by atoms with van der Waals surface area (Å²) >= 11 is 0. The number of aromatic carboxylic acids is 1. The first-order chi connectivity index (χ1) is 23.4. The van der Waals surface area contributed by atoms with Crippen LogP contribution in [0, 0.1) is 12.8 Å². The number of pyridine rings is 1. The van der Waals surface area contributed by atoms with Gasteiger partial charge < -0.3 is 14.7 Å². The molecule has 50 heavy (non-hydrogen) atoms. The highest BCUT2D eigenvalue weighted by atomic mass is 19.4. The van der Waals surface area contributed by atoms with Gasteiger partial charge in [-0.05, 0) is 96.1 Å². The summed E-state index contributed by atoms with van der Waals surface area (Å²) in [5.74, 6) is -2.57. The maximum atomic E-state index is 14.0. The van der Waals surface area contributed by atoms with Crippen LogP contribution in [-0.4, -0.2) is 28.9 Å². The number of rotatable bonds is 6. The molecule has 1 fully saturated rings. The number of hydrogen-bond donors (Lipinski definition) is 1. The van der Waals surface area contributed by atoms with Crippen LogP contribution < -0.4 is 4.74 Å². The van der Waals surface area contributed by atoms with Crippen LogP contribution in [-0.2, 0) is 23.4 Å². The Bertz CT molecular complexity index is 1990. The summed E-state index contributed by atoms with van der Waals surface area (Å²) < 4.78 is 129. The van der Waals surface area contributed by atoms with Gasteiger partial charge in [0, 0.05) is 29.2 Å². The van der Waals surface area contributed by atoms with Crippen molar-refractivity contribution in [2.45, 2.75) is 50.3 Å². The van der Waals surface area contributed by atoms with E-state index in [9.17, 15) is 49.4 Å². The lowest BCUT2D eigenvalue weighted by molar-refractivity contribution is -0.143. The molecule has 0 spiro atoms. The topological polar surface area (TPSA) is 81.0 Å². The van der Waals surface area contributed by atoms with Crippen molar-refractivity contribution >= 4 is 11.7 Å². The van der Waals surface area contributed by atoms with Crippen LogP contribution in [0.5, 0.6) is 5.75 Å². The first-order valence-electron chi connectivity index (χ1n) is 15.0. The number of oxime groups is 1. The molecule has 0 radical (unpaired) electrons. The lowest BCUT2D eigenvalue weighted by atomic mass is 9.85. The van der Waals surface area contributed by atoms with Crippen molar-refractivity contribution in [2.75, 3.05) is 7.11 Å². The fraction of sp³-hybridized carbons (Fsp3) is 0.286. The van der Waals surface area contributed by atoms with Crippen molar-refractivity contribution in [3.63, 3.8) is 0 Å². The molecule has 0 saturated heterocycles. The molecule has 15 heteroatoms. The molecular weight excluding hydrogens is 683 g/mol. The fourth-order valence-corrected chi connectivity index (χ4v) is 6.63. The standard InChI is InChI=1S/C35H25F9N2O4/c1-16-9-18(32(47)48)3-5-22(16)17-4-8-28(49-2)26(12-17)27-15-45-29(35(42,43)44)14-25(27)23-6-7-24-30(23)46-50-31(24)19-10-20(33(36,37)38)13-21(11-19)34(39,40)41/h3-5,8-15,23-24,31H,6-7H2,1-2H3,(H,47,48). The van der Waals surface area contributed by atoms with Gasteiger partial charge in [0.05, 0.1) is 29.5 Å². The molecule has 1 aromatic heterocycles. The number of aryl methyl sites for hydroxylation is 1. The van der Waals surface area contributed by atoms with E-state index in [1.54, 1.807) is 31.2 Å². The zero-order valence-corrected chi connectivity index (χ0v) is 26.0. The zero-order valence-electron chi connectivity index (χ0n) is 26.0. The second-order valence-electron chi connectivity index (χ2n) is 12.0. The van der Waals surface area contributed by atoms with Gasteiger partial charge in [0.1, 0.15) is 11.4 Å². The third kappa shape index (κ3) is 6.48. The Hall–Kier alpha value is -5.08. The Balaban J connectivity index is 1.44. The van der Waals surface area contributed by atoms with Gasteiger partial charge in [-0.25, -0.2) is 4.79 Å². The summed E-state index contributed by atoms with van der Waals surface area (Å²) in [5.41, 5.74) is -1.99. The summed E-state index contributed by atoms with van der Waals surface area (Å²) in [4.78, 5) is 20.6. The molecule has 0 amide bonds. The number of nitrogens with zero attached hydrogens (tertiary/aromatic N) is 2. The van der Waals surface area contributed by atoms with Crippen LogP contribution >= 0.6 is 0 Å². The van der Waals surface area contributed by atoms with E-state index >= 15 is 0 Å². The number of methoxy groups -OCH3 is 1. The quantitative estimate of drug-likeness (QED) is 0.202.